The highest BCUT2D eigenvalue weighted by atomic mass is 32.2. The highest BCUT2D eigenvalue weighted by molar-refractivity contribution is 8.00. The van der Waals surface area contributed by atoms with Gasteiger partial charge in [-0.05, 0) is 36.7 Å². The second kappa shape index (κ2) is 8.36. The van der Waals surface area contributed by atoms with Crippen LogP contribution >= 0.6 is 11.8 Å². The Morgan fingerprint density at radius 2 is 1.88 bits per heavy atom. The van der Waals surface area contributed by atoms with Gasteiger partial charge in [-0.1, -0.05) is 0 Å². The number of aromatic nitrogens is 1. The van der Waals surface area contributed by atoms with E-state index in [9.17, 15) is 22.8 Å². The molecule has 0 bridgehead atoms. The van der Waals surface area contributed by atoms with Crippen molar-refractivity contribution in [2.75, 3.05) is 25.4 Å². The highest BCUT2D eigenvalue weighted by Crippen LogP contribution is 2.29. The standard InChI is InChI=1S/C15H18F3N3O2S/c16-15(17,18)24-10-7-20-13(22)11-3-8-21(9-4-11)14(23)12-1-5-19-6-2-12/h1-2,5-6,11H,3-4,7-10H2,(H,20,22). The summed E-state index contributed by atoms with van der Waals surface area (Å²) in [6.45, 7) is 0.895. The van der Waals surface area contributed by atoms with Crippen molar-refractivity contribution in [1.82, 2.24) is 15.2 Å². The van der Waals surface area contributed by atoms with Gasteiger partial charge in [-0.2, -0.15) is 13.2 Å². The maximum absolute atomic E-state index is 12.3. The van der Waals surface area contributed by atoms with Crippen molar-refractivity contribution in [3.05, 3.63) is 30.1 Å². The number of piperidine rings is 1. The second-order valence-corrected chi connectivity index (χ2v) is 6.55. The molecule has 9 heteroatoms. The van der Waals surface area contributed by atoms with Crippen LogP contribution in [0.2, 0.25) is 0 Å². The molecule has 1 aliphatic heterocycles. The summed E-state index contributed by atoms with van der Waals surface area (Å²) in [6, 6.07) is 3.28. The van der Waals surface area contributed by atoms with Gasteiger partial charge in [0.1, 0.15) is 0 Å². The quantitative estimate of drug-likeness (QED) is 0.818. The number of nitrogens with one attached hydrogen (secondary N) is 1. The molecule has 5 nitrogen and oxygen atoms in total. The zero-order valence-electron chi connectivity index (χ0n) is 12.9. The molecule has 0 radical (unpaired) electrons. The Labute approximate surface area is 142 Å². The number of rotatable bonds is 5. The number of likely N-dealkylation sites (tertiary alicyclic amines) is 1. The fourth-order valence-corrected chi connectivity index (χ4v) is 2.94. The molecule has 2 heterocycles. The summed E-state index contributed by atoms with van der Waals surface area (Å²) >= 11 is -0.149. The van der Waals surface area contributed by atoms with E-state index in [1.807, 2.05) is 0 Å². The summed E-state index contributed by atoms with van der Waals surface area (Å²) in [5.74, 6) is -0.803. The molecule has 1 N–H and O–H groups in total. The number of halogens is 3. The minimum atomic E-state index is -4.27. The van der Waals surface area contributed by atoms with Crippen LogP contribution in [0.3, 0.4) is 0 Å². The minimum Gasteiger partial charge on any atom is -0.355 e. The largest absolute Gasteiger partial charge is 0.441 e. The lowest BCUT2D eigenvalue weighted by atomic mass is 9.95. The summed E-state index contributed by atoms with van der Waals surface area (Å²) < 4.78 is 36.0. The van der Waals surface area contributed by atoms with Gasteiger partial charge in [-0.3, -0.25) is 14.6 Å². The van der Waals surface area contributed by atoms with Crippen molar-refractivity contribution in [3.8, 4) is 0 Å². The number of alkyl halides is 3. The van der Waals surface area contributed by atoms with Crippen LogP contribution < -0.4 is 5.32 Å². The maximum Gasteiger partial charge on any atom is 0.441 e. The van der Waals surface area contributed by atoms with E-state index in [1.54, 1.807) is 29.4 Å². The zero-order chi connectivity index (χ0) is 17.6. The van der Waals surface area contributed by atoms with Crippen LogP contribution in [0.1, 0.15) is 23.2 Å². The molecule has 0 aromatic carbocycles. The van der Waals surface area contributed by atoms with Gasteiger partial charge in [0, 0.05) is 49.3 Å². The molecule has 1 saturated heterocycles. The summed E-state index contributed by atoms with van der Waals surface area (Å²) in [5.41, 5.74) is -3.72. The Balaban J connectivity index is 1.72. The van der Waals surface area contributed by atoms with Crippen molar-refractivity contribution < 1.29 is 22.8 Å². The molecule has 24 heavy (non-hydrogen) atoms. The summed E-state index contributed by atoms with van der Waals surface area (Å²) in [7, 11) is 0. The highest BCUT2D eigenvalue weighted by Gasteiger charge is 2.29. The lowest BCUT2D eigenvalue weighted by Gasteiger charge is -2.31. The molecule has 1 fully saturated rings. The van der Waals surface area contributed by atoms with E-state index in [0.29, 0.717) is 31.5 Å². The van der Waals surface area contributed by atoms with Crippen LogP contribution in [0.15, 0.2) is 24.5 Å². The van der Waals surface area contributed by atoms with Crippen LogP contribution in [-0.4, -0.2) is 52.6 Å². The van der Waals surface area contributed by atoms with Crippen LogP contribution in [-0.2, 0) is 4.79 Å². The molecule has 1 aromatic rings. The average Bonchev–Trinajstić information content (AvgIpc) is 2.58. The second-order valence-electron chi connectivity index (χ2n) is 5.39. The van der Waals surface area contributed by atoms with Crippen LogP contribution in [0.25, 0.3) is 0 Å². The predicted octanol–water partition coefficient (Wildman–Crippen LogP) is 2.30. The van der Waals surface area contributed by atoms with Crippen molar-refractivity contribution in [1.29, 1.82) is 0 Å². The normalized spacial score (nSPS) is 16.0. The van der Waals surface area contributed by atoms with E-state index in [-0.39, 0.29) is 41.8 Å². The molecular weight excluding hydrogens is 343 g/mol. The Morgan fingerprint density at radius 3 is 2.46 bits per heavy atom. The van der Waals surface area contributed by atoms with Crippen LogP contribution in [0, 0.1) is 5.92 Å². The van der Waals surface area contributed by atoms with Crippen LogP contribution in [0.4, 0.5) is 13.2 Å². The van der Waals surface area contributed by atoms with E-state index >= 15 is 0 Å². The number of hydrogen-bond donors (Lipinski definition) is 1. The molecule has 1 aliphatic rings. The van der Waals surface area contributed by atoms with Gasteiger partial charge in [0.25, 0.3) is 5.91 Å². The Kier molecular flexibility index (Phi) is 6.47. The summed E-state index contributed by atoms with van der Waals surface area (Å²) in [4.78, 5) is 29.8. The molecule has 2 rings (SSSR count). The maximum atomic E-state index is 12.3. The predicted molar refractivity (Wildman–Crippen MR) is 84.4 cm³/mol. The molecule has 0 atom stereocenters. The minimum absolute atomic E-state index is 0.0147. The molecule has 0 spiro atoms. The van der Waals surface area contributed by atoms with Gasteiger partial charge in [0.05, 0.1) is 0 Å². The molecule has 1 aromatic heterocycles. The Hall–Kier alpha value is -1.77. The third kappa shape index (κ3) is 5.70. The fraction of sp³-hybridized carbons (Fsp3) is 0.533. The monoisotopic (exact) mass is 361 g/mol. The molecule has 0 saturated carbocycles. The SMILES string of the molecule is O=C(NCCSC(F)(F)F)C1CCN(C(=O)c2ccncc2)CC1. The first-order valence-corrected chi connectivity index (χ1v) is 8.53. The van der Waals surface area contributed by atoms with Crippen molar-refractivity contribution in [2.24, 2.45) is 5.92 Å². The number of hydrogen-bond acceptors (Lipinski definition) is 4. The first-order valence-electron chi connectivity index (χ1n) is 7.54. The van der Waals surface area contributed by atoms with Crippen LogP contribution in [0.5, 0.6) is 0 Å². The van der Waals surface area contributed by atoms with Gasteiger partial charge in [0.2, 0.25) is 5.91 Å². The topological polar surface area (TPSA) is 62.3 Å². The van der Waals surface area contributed by atoms with E-state index in [2.05, 4.69) is 10.3 Å². The van der Waals surface area contributed by atoms with Gasteiger partial charge >= 0.3 is 5.51 Å². The van der Waals surface area contributed by atoms with Crippen molar-refractivity contribution >= 4 is 23.6 Å². The summed E-state index contributed by atoms with van der Waals surface area (Å²) in [5, 5.41) is 2.53. The Bertz CT molecular complexity index is 561. The molecule has 2 amide bonds. The van der Waals surface area contributed by atoms with Gasteiger partial charge in [0.15, 0.2) is 0 Å². The van der Waals surface area contributed by atoms with Crippen molar-refractivity contribution in [3.63, 3.8) is 0 Å². The number of pyridine rings is 1. The molecular formula is C15H18F3N3O2S. The fourth-order valence-electron chi connectivity index (χ4n) is 2.51. The zero-order valence-corrected chi connectivity index (χ0v) is 13.7. The molecule has 132 valence electrons. The van der Waals surface area contributed by atoms with Gasteiger partial charge in [-0.15, -0.1) is 0 Å². The first-order chi connectivity index (χ1) is 11.4. The van der Waals surface area contributed by atoms with E-state index in [4.69, 9.17) is 0 Å². The Morgan fingerprint density at radius 1 is 1.25 bits per heavy atom. The van der Waals surface area contributed by atoms with E-state index in [1.165, 1.54) is 0 Å². The third-order valence-electron chi connectivity index (χ3n) is 3.75. The number of amides is 2. The number of carbonyl (C=O) groups is 2. The van der Waals surface area contributed by atoms with E-state index < -0.39 is 5.51 Å². The average molecular weight is 361 g/mol. The van der Waals surface area contributed by atoms with E-state index in [0.717, 1.165) is 0 Å². The number of nitrogens with zero attached hydrogens (tertiary/aromatic N) is 2. The molecule has 0 unspecified atom stereocenters. The first kappa shape index (κ1) is 18.6. The lowest BCUT2D eigenvalue weighted by molar-refractivity contribution is -0.126. The molecule has 0 aliphatic carbocycles. The smallest absolute Gasteiger partial charge is 0.355 e. The third-order valence-corrected chi connectivity index (χ3v) is 4.48. The lowest BCUT2D eigenvalue weighted by Crippen LogP contribution is -2.43. The number of thioether (sulfide) groups is 1. The summed E-state index contributed by atoms with van der Waals surface area (Å²) in [6.07, 6.45) is 4.11. The number of carbonyl (C=O) groups excluding carboxylic acids is 2. The van der Waals surface area contributed by atoms with Gasteiger partial charge in [-0.25, -0.2) is 0 Å². The van der Waals surface area contributed by atoms with Crippen molar-refractivity contribution in [2.45, 2.75) is 18.3 Å². The van der Waals surface area contributed by atoms with Gasteiger partial charge < -0.3 is 10.2 Å².